The van der Waals surface area contributed by atoms with Gasteiger partial charge >= 0.3 is 0 Å². The number of rotatable bonds is 8. The van der Waals surface area contributed by atoms with E-state index >= 15 is 0 Å². The maximum Gasteiger partial charge on any atom is 0.154 e. The number of halogens is 1. The second kappa shape index (κ2) is 13.0. The van der Waals surface area contributed by atoms with Gasteiger partial charge in [0.25, 0.3) is 0 Å². The van der Waals surface area contributed by atoms with Crippen molar-refractivity contribution in [1.29, 1.82) is 0 Å². The fourth-order valence-corrected chi connectivity index (χ4v) is 5.94. The number of aromatic nitrogens is 7. The zero-order valence-electron chi connectivity index (χ0n) is 23.8. The third-order valence-electron chi connectivity index (χ3n) is 6.94. The molecule has 0 amide bonds. The lowest BCUT2D eigenvalue weighted by Crippen LogP contribution is -2.04. The Bertz CT molecular complexity index is 2120. The van der Waals surface area contributed by atoms with Crippen LogP contribution in [0.1, 0.15) is 11.1 Å². The Morgan fingerprint density at radius 2 is 1.20 bits per heavy atom. The molecule has 0 aliphatic rings. The molecule has 222 valence electrons. The van der Waals surface area contributed by atoms with Crippen molar-refractivity contribution >= 4 is 45.6 Å². The summed E-state index contributed by atoms with van der Waals surface area (Å²) >= 11 is 3.31. The van der Waals surface area contributed by atoms with Gasteiger partial charge in [0.05, 0.1) is 23.8 Å². The molecule has 2 N–H and O–H groups in total. The third-order valence-corrected chi connectivity index (χ3v) is 8.31. The molecule has 9 nitrogen and oxygen atoms in total. The van der Waals surface area contributed by atoms with Gasteiger partial charge in [0.1, 0.15) is 17.5 Å². The average Bonchev–Trinajstić information content (AvgIpc) is 3.91. The lowest BCUT2D eigenvalue weighted by molar-refractivity contribution is 0.627. The number of anilines is 2. The highest BCUT2D eigenvalue weighted by Gasteiger charge is 2.09. The Balaban J connectivity index is 0.000000145. The zero-order chi connectivity index (χ0) is 30.4. The monoisotopic (exact) mass is 631 g/mol. The van der Waals surface area contributed by atoms with E-state index in [0.29, 0.717) is 13.1 Å². The summed E-state index contributed by atoms with van der Waals surface area (Å²) in [4.78, 5) is 12.9. The van der Waals surface area contributed by atoms with E-state index in [-0.39, 0.29) is 5.82 Å². The van der Waals surface area contributed by atoms with Crippen molar-refractivity contribution in [1.82, 2.24) is 34.2 Å². The maximum absolute atomic E-state index is 12.9. The van der Waals surface area contributed by atoms with E-state index in [4.69, 9.17) is 0 Å². The minimum atomic E-state index is -0.230. The normalized spacial score (nSPS) is 11.0. The molecule has 7 heterocycles. The predicted molar refractivity (Wildman–Crippen MR) is 178 cm³/mol. The summed E-state index contributed by atoms with van der Waals surface area (Å²) in [6.07, 6.45) is 7.30. The molecule has 0 fully saturated rings. The summed E-state index contributed by atoms with van der Waals surface area (Å²) in [5.74, 6) is 1.33. The van der Waals surface area contributed by atoms with Gasteiger partial charge in [-0.25, -0.2) is 23.4 Å². The summed E-state index contributed by atoms with van der Waals surface area (Å²) in [5.41, 5.74) is 7.96. The molecule has 0 atom stereocenters. The minimum absolute atomic E-state index is 0.230. The van der Waals surface area contributed by atoms with E-state index in [1.807, 2.05) is 69.4 Å². The molecule has 0 saturated heterocycles. The van der Waals surface area contributed by atoms with Gasteiger partial charge < -0.3 is 10.6 Å². The smallest absolute Gasteiger partial charge is 0.154 e. The predicted octanol–water partition coefficient (Wildman–Crippen LogP) is 7.67. The van der Waals surface area contributed by atoms with Crippen molar-refractivity contribution in [3.63, 3.8) is 0 Å². The highest BCUT2D eigenvalue weighted by Crippen LogP contribution is 2.24. The van der Waals surface area contributed by atoms with Crippen LogP contribution in [0.3, 0.4) is 0 Å². The van der Waals surface area contributed by atoms with Crippen LogP contribution in [0.15, 0.2) is 119 Å². The summed E-state index contributed by atoms with van der Waals surface area (Å²) < 4.78 is 16.6. The number of hydrogen-bond acceptors (Lipinski definition) is 9. The maximum atomic E-state index is 12.9. The molecule has 7 aromatic heterocycles. The summed E-state index contributed by atoms with van der Waals surface area (Å²) in [6.45, 7) is 1.27. The van der Waals surface area contributed by atoms with E-state index < -0.39 is 0 Å². The fraction of sp³-hybridized carbons (Fsp3) is 0.0606. The number of fused-ring (bicyclic) bond motifs is 2. The number of nitrogens with zero attached hydrogens (tertiary/aromatic N) is 7. The van der Waals surface area contributed by atoms with E-state index in [0.717, 1.165) is 56.6 Å². The highest BCUT2D eigenvalue weighted by atomic mass is 32.1. The zero-order valence-corrected chi connectivity index (χ0v) is 25.4. The first kappa shape index (κ1) is 28.3. The molecule has 8 rings (SSSR count). The molecule has 45 heavy (non-hydrogen) atoms. The van der Waals surface area contributed by atoms with Gasteiger partial charge in [0, 0.05) is 47.4 Å². The molecule has 0 bridgehead atoms. The number of thiophene rings is 2. The second-order valence-corrected chi connectivity index (χ2v) is 11.5. The Kier molecular flexibility index (Phi) is 8.21. The van der Waals surface area contributed by atoms with Crippen LogP contribution >= 0.6 is 22.7 Å². The van der Waals surface area contributed by atoms with Gasteiger partial charge in [0.15, 0.2) is 11.3 Å². The van der Waals surface area contributed by atoms with Crippen LogP contribution in [0.4, 0.5) is 16.0 Å². The third kappa shape index (κ3) is 6.56. The summed E-state index contributed by atoms with van der Waals surface area (Å²) in [7, 11) is 0. The van der Waals surface area contributed by atoms with Crippen molar-refractivity contribution in [2.75, 3.05) is 10.6 Å². The largest absolute Gasteiger partial charge is 0.365 e. The van der Waals surface area contributed by atoms with Crippen LogP contribution in [-0.4, -0.2) is 34.2 Å². The highest BCUT2D eigenvalue weighted by molar-refractivity contribution is 7.08. The first-order chi connectivity index (χ1) is 22.2. The van der Waals surface area contributed by atoms with Crippen molar-refractivity contribution in [3.05, 3.63) is 136 Å². The number of benzene rings is 1. The van der Waals surface area contributed by atoms with Crippen LogP contribution in [0, 0.1) is 5.82 Å². The standard InChI is InChI=1S/C17H13FN4S.C16H13N5S/c18-14-3-1-12(2-4-14)9-19-16-5-6-17-20-10-15(22(17)21-16)13-7-8-23-11-13;1-2-12(8-17-6-1)9-18-15-3-4-16-19-10-14(21(16)20-15)13-5-7-22-11-13/h1-8,10-11H,9H2,(H,19,21);1-8,10-11H,9H2,(H,18,20). The summed E-state index contributed by atoms with van der Waals surface area (Å²) in [5, 5.41) is 24.1. The lowest BCUT2D eigenvalue weighted by Gasteiger charge is -2.07. The molecule has 0 aliphatic carbocycles. The van der Waals surface area contributed by atoms with E-state index in [9.17, 15) is 4.39 Å². The molecule has 0 unspecified atom stereocenters. The first-order valence-electron chi connectivity index (χ1n) is 14.1. The Hall–Kier alpha value is -5.46. The van der Waals surface area contributed by atoms with Crippen molar-refractivity contribution in [2.24, 2.45) is 0 Å². The first-order valence-corrected chi connectivity index (χ1v) is 15.9. The van der Waals surface area contributed by atoms with Gasteiger partial charge in [0.2, 0.25) is 0 Å². The molecule has 0 aliphatic heterocycles. The second-order valence-electron chi connectivity index (χ2n) is 9.98. The Labute approximate surface area is 265 Å². The average molecular weight is 632 g/mol. The van der Waals surface area contributed by atoms with Gasteiger partial charge in [-0.2, -0.15) is 22.7 Å². The SMILES string of the molecule is Fc1ccc(CNc2ccc3ncc(-c4ccsc4)n3n2)cc1.c1cncc(CNc2ccc3ncc(-c4ccsc4)n3n2)c1. The molecule has 0 saturated carbocycles. The molecular weight excluding hydrogens is 606 g/mol. The molecular formula is C33H26FN9S2. The number of nitrogens with one attached hydrogen (secondary N) is 2. The quantitative estimate of drug-likeness (QED) is 0.178. The van der Waals surface area contributed by atoms with E-state index in [1.54, 1.807) is 41.0 Å². The summed E-state index contributed by atoms with van der Waals surface area (Å²) in [6, 6.07) is 22.2. The van der Waals surface area contributed by atoms with E-state index in [2.05, 4.69) is 64.1 Å². The molecule has 0 radical (unpaired) electrons. The molecule has 8 aromatic rings. The van der Waals surface area contributed by atoms with Crippen molar-refractivity contribution in [2.45, 2.75) is 13.1 Å². The molecule has 0 spiro atoms. The number of imidazole rings is 2. The van der Waals surface area contributed by atoms with Crippen molar-refractivity contribution in [3.8, 4) is 22.5 Å². The van der Waals surface area contributed by atoms with Gasteiger partial charge in [-0.05, 0) is 76.5 Å². The van der Waals surface area contributed by atoms with Crippen LogP contribution in [0.5, 0.6) is 0 Å². The van der Waals surface area contributed by atoms with Crippen LogP contribution < -0.4 is 10.6 Å². The Morgan fingerprint density at radius 3 is 1.71 bits per heavy atom. The number of hydrogen-bond donors (Lipinski definition) is 2. The van der Waals surface area contributed by atoms with Crippen LogP contribution in [0.2, 0.25) is 0 Å². The van der Waals surface area contributed by atoms with E-state index in [1.165, 1.54) is 12.1 Å². The van der Waals surface area contributed by atoms with Gasteiger partial charge in [-0.15, -0.1) is 10.2 Å². The van der Waals surface area contributed by atoms with Crippen LogP contribution in [0.25, 0.3) is 33.8 Å². The van der Waals surface area contributed by atoms with Crippen LogP contribution in [-0.2, 0) is 13.1 Å². The molecule has 12 heteroatoms. The van der Waals surface area contributed by atoms with Gasteiger partial charge in [-0.1, -0.05) is 18.2 Å². The molecule has 1 aromatic carbocycles. The van der Waals surface area contributed by atoms with Gasteiger partial charge in [-0.3, -0.25) is 4.98 Å². The van der Waals surface area contributed by atoms with Crippen molar-refractivity contribution < 1.29 is 4.39 Å². The fourth-order valence-electron chi connectivity index (χ4n) is 4.64. The minimum Gasteiger partial charge on any atom is -0.365 e. The Morgan fingerprint density at radius 1 is 0.622 bits per heavy atom. The lowest BCUT2D eigenvalue weighted by atomic mass is 10.2. The topological polar surface area (TPSA) is 97.3 Å². The number of pyridine rings is 1.